The van der Waals surface area contributed by atoms with Gasteiger partial charge in [-0.15, -0.1) is 0 Å². The van der Waals surface area contributed by atoms with Gasteiger partial charge in [0.1, 0.15) is 12.4 Å². The van der Waals surface area contributed by atoms with E-state index in [1.165, 1.54) is 6.26 Å². The van der Waals surface area contributed by atoms with Crippen molar-refractivity contribution in [2.45, 2.75) is 32.7 Å². The van der Waals surface area contributed by atoms with E-state index in [4.69, 9.17) is 4.42 Å². The lowest BCUT2D eigenvalue weighted by Gasteiger charge is -2.10. The molecule has 3 aromatic rings. The summed E-state index contributed by atoms with van der Waals surface area (Å²) >= 11 is 0. The third kappa shape index (κ3) is 4.75. The molecule has 2 N–H and O–H groups in total. The van der Waals surface area contributed by atoms with Gasteiger partial charge in [-0.25, -0.2) is 4.98 Å². The number of fused-ring (bicyclic) bond motifs is 1. The second-order valence-corrected chi connectivity index (χ2v) is 6.29. The number of imidazole rings is 1. The van der Waals surface area contributed by atoms with Crippen LogP contribution < -0.4 is 10.6 Å². The summed E-state index contributed by atoms with van der Waals surface area (Å²) in [5, 5.41) is 5.75. The quantitative estimate of drug-likeness (QED) is 0.568. The molecule has 0 radical (unpaired) electrons. The fourth-order valence-electron chi connectivity index (χ4n) is 2.88. The van der Waals surface area contributed by atoms with Crippen LogP contribution in [-0.2, 0) is 17.8 Å². The van der Waals surface area contributed by atoms with Crippen molar-refractivity contribution >= 4 is 22.8 Å². The number of aromatic nitrogens is 2. The first kappa shape index (κ1) is 18.7. The zero-order chi connectivity index (χ0) is 19.1. The van der Waals surface area contributed by atoms with Crippen molar-refractivity contribution < 1.29 is 14.0 Å². The standard InChI is InChI=1S/C20H24N4O3/c1-2-3-11-21-19(25)14-24-16-8-5-4-7-15(16)23-18(24)10-12-22-20(26)17-9-6-13-27-17/h4-9,13H,2-3,10-12,14H2,1H3,(H,21,25)(H,22,26). The molecule has 0 atom stereocenters. The first-order valence-electron chi connectivity index (χ1n) is 9.21. The van der Waals surface area contributed by atoms with Crippen molar-refractivity contribution in [2.24, 2.45) is 0 Å². The molecule has 142 valence electrons. The van der Waals surface area contributed by atoms with E-state index >= 15 is 0 Å². The molecule has 27 heavy (non-hydrogen) atoms. The first-order valence-corrected chi connectivity index (χ1v) is 9.21. The van der Waals surface area contributed by atoms with Gasteiger partial charge in [0.25, 0.3) is 5.91 Å². The molecule has 0 spiro atoms. The van der Waals surface area contributed by atoms with Gasteiger partial charge in [-0.2, -0.15) is 0 Å². The van der Waals surface area contributed by atoms with E-state index in [1.54, 1.807) is 12.1 Å². The van der Waals surface area contributed by atoms with E-state index in [0.29, 0.717) is 19.5 Å². The third-order valence-corrected chi connectivity index (χ3v) is 4.27. The SMILES string of the molecule is CCCCNC(=O)Cn1c(CCNC(=O)c2ccco2)nc2ccccc21. The maximum absolute atomic E-state index is 12.3. The summed E-state index contributed by atoms with van der Waals surface area (Å²) in [6.07, 6.45) is 3.98. The highest BCUT2D eigenvalue weighted by atomic mass is 16.3. The Morgan fingerprint density at radius 3 is 2.74 bits per heavy atom. The molecule has 2 amide bonds. The smallest absolute Gasteiger partial charge is 0.286 e. The average Bonchev–Trinajstić information content (AvgIpc) is 3.31. The van der Waals surface area contributed by atoms with E-state index in [1.807, 2.05) is 28.8 Å². The summed E-state index contributed by atoms with van der Waals surface area (Å²) in [5.74, 6) is 0.743. The molecule has 2 heterocycles. The number of carbonyl (C=O) groups is 2. The molecule has 0 saturated carbocycles. The van der Waals surface area contributed by atoms with Crippen LogP contribution in [0.25, 0.3) is 11.0 Å². The van der Waals surface area contributed by atoms with Crippen molar-refractivity contribution in [3.63, 3.8) is 0 Å². The van der Waals surface area contributed by atoms with Crippen molar-refractivity contribution in [3.8, 4) is 0 Å². The lowest BCUT2D eigenvalue weighted by molar-refractivity contribution is -0.121. The number of unbranched alkanes of at least 4 members (excludes halogenated alkanes) is 1. The summed E-state index contributed by atoms with van der Waals surface area (Å²) in [6, 6.07) is 11.0. The molecule has 7 heteroatoms. The Balaban J connectivity index is 1.68. The Bertz CT molecular complexity index is 899. The van der Waals surface area contributed by atoms with Gasteiger partial charge in [-0.1, -0.05) is 25.5 Å². The van der Waals surface area contributed by atoms with Crippen LogP contribution in [0.4, 0.5) is 0 Å². The van der Waals surface area contributed by atoms with Gasteiger partial charge in [0.15, 0.2) is 5.76 Å². The van der Waals surface area contributed by atoms with Crippen LogP contribution in [0.5, 0.6) is 0 Å². The third-order valence-electron chi connectivity index (χ3n) is 4.27. The van der Waals surface area contributed by atoms with E-state index in [2.05, 4.69) is 22.5 Å². The number of hydrogen-bond donors (Lipinski definition) is 2. The molecular weight excluding hydrogens is 344 g/mol. The minimum atomic E-state index is -0.264. The van der Waals surface area contributed by atoms with Crippen LogP contribution in [0.3, 0.4) is 0 Å². The van der Waals surface area contributed by atoms with Crippen LogP contribution >= 0.6 is 0 Å². The molecule has 0 unspecified atom stereocenters. The number of nitrogens with zero attached hydrogens (tertiary/aromatic N) is 2. The number of rotatable bonds is 9. The van der Waals surface area contributed by atoms with Crippen LogP contribution in [0, 0.1) is 0 Å². The molecule has 1 aromatic carbocycles. The minimum Gasteiger partial charge on any atom is -0.459 e. The molecule has 3 rings (SSSR count). The molecule has 0 aliphatic rings. The Hall–Kier alpha value is -3.09. The summed E-state index contributed by atoms with van der Waals surface area (Å²) in [7, 11) is 0. The lowest BCUT2D eigenvalue weighted by atomic mass is 10.3. The van der Waals surface area contributed by atoms with Crippen molar-refractivity contribution in [1.29, 1.82) is 0 Å². The molecule has 0 aliphatic carbocycles. The molecular formula is C20H24N4O3. The van der Waals surface area contributed by atoms with Gasteiger partial charge in [-0.3, -0.25) is 9.59 Å². The Morgan fingerprint density at radius 2 is 1.96 bits per heavy atom. The van der Waals surface area contributed by atoms with Gasteiger partial charge >= 0.3 is 0 Å². The highest BCUT2D eigenvalue weighted by Crippen LogP contribution is 2.16. The topological polar surface area (TPSA) is 89.2 Å². The fraction of sp³-hybridized carbons (Fsp3) is 0.350. The van der Waals surface area contributed by atoms with Crippen molar-refractivity contribution in [3.05, 3.63) is 54.2 Å². The molecule has 0 fully saturated rings. The van der Waals surface area contributed by atoms with Gasteiger partial charge in [0.05, 0.1) is 17.3 Å². The second-order valence-electron chi connectivity index (χ2n) is 6.29. The maximum Gasteiger partial charge on any atom is 0.286 e. The normalized spacial score (nSPS) is 10.9. The molecule has 2 aromatic heterocycles. The largest absolute Gasteiger partial charge is 0.459 e. The van der Waals surface area contributed by atoms with Gasteiger partial charge < -0.3 is 19.6 Å². The van der Waals surface area contributed by atoms with Gasteiger partial charge in [-0.05, 0) is 30.7 Å². The van der Waals surface area contributed by atoms with Crippen LogP contribution in [0.15, 0.2) is 47.1 Å². The monoisotopic (exact) mass is 368 g/mol. The highest BCUT2D eigenvalue weighted by Gasteiger charge is 2.14. The zero-order valence-corrected chi connectivity index (χ0v) is 15.4. The van der Waals surface area contributed by atoms with E-state index in [0.717, 1.165) is 29.7 Å². The Labute approximate surface area is 157 Å². The lowest BCUT2D eigenvalue weighted by Crippen LogP contribution is -2.30. The first-order chi connectivity index (χ1) is 13.2. The maximum atomic E-state index is 12.3. The Kier molecular flexibility index (Phi) is 6.25. The summed E-state index contributed by atoms with van der Waals surface area (Å²) < 4.78 is 7.00. The highest BCUT2D eigenvalue weighted by molar-refractivity contribution is 5.91. The minimum absolute atomic E-state index is 0.0347. The van der Waals surface area contributed by atoms with Gasteiger partial charge in [0, 0.05) is 19.5 Å². The predicted molar refractivity (Wildman–Crippen MR) is 102 cm³/mol. The van der Waals surface area contributed by atoms with Crippen molar-refractivity contribution in [1.82, 2.24) is 20.2 Å². The number of furan rings is 1. The van der Waals surface area contributed by atoms with Crippen LogP contribution in [-0.4, -0.2) is 34.5 Å². The van der Waals surface area contributed by atoms with Crippen LogP contribution in [0.2, 0.25) is 0 Å². The van der Waals surface area contributed by atoms with E-state index in [9.17, 15) is 9.59 Å². The predicted octanol–water partition coefficient (Wildman–Crippen LogP) is 2.52. The molecule has 0 bridgehead atoms. The van der Waals surface area contributed by atoms with Gasteiger partial charge in [0.2, 0.25) is 5.91 Å². The summed E-state index contributed by atoms with van der Waals surface area (Å²) in [5.41, 5.74) is 1.75. The number of hydrogen-bond acceptors (Lipinski definition) is 4. The number of carbonyl (C=O) groups excluding carboxylic acids is 2. The molecule has 0 saturated heterocycles. The second kappa shape index (κ2) is 9.02. The summed E-state index contributed by atoms with van der Waals surface area (Å²) in [4.78, 5) is 28.9. The summed E-state index contributed by atoms with van der Waals surface area (Å²) in [6.45, 7) is 3.38. The average molecular weight is 368 g/mol. The molecule has 7 nitrogen and oxygen atoms in total. The number of amides is 2. The van der Waals surface area contributed by atoms with Crippen LogP contribution in [0.1, 0.15) is 36.1 Å². The van der Waals surface area contributed by atoms with E-state index < -0.39 is 0 Å². The fourth-order valence-corrected chi connectivity index (χ4v) is 2.88. The van der Waals surface area contributed by atoms with E-state index in [-0.39, 0.29) is 24.1 Å². The molecule has 0 aliphatic heterocycles. The Morgan fingerprint density at radius 1 is 1.11 bits per heavy atom. The number of benzene rings is 1. The number of para-hydroxylation sites is 2. The zero-order valence-electron chi connectivity index (χ0n) is 15.4. The number of nitrogens with one attached hydrogen (secondary N) is 2. The van der Waals surface area contributed by atoms with Crippen molar-refractivity contribution in [2.75, 3.05) is 13.1 Å².